The van der Waals surface area contributed by atoms with Gasteiger partial charge in [-0.25, -0.2) is 0 Å². The van der Waals surface area contributed by atoms with Gasteiger partial charge in [0.2, 0.25) is 5.91 Å². The molecule has 2 amide bonds. The van der Waals surface area contributed by atoms with Crippen LogP contribution in [0, 0.1) is 23.2 Å². The topological polar surface area (TPSA) is 62.6 Å². The van der Waals surface area contributed by atoms with Gasteiger partial charge in [0.15, 0.2) is 0 Å². The third-order valence-electron chi connectivity index (χ3n) is 7.70. The fourth-order valence-electron chi connectivity index (χ4n) is 6.68. The van der Waals surface area contributed by atoms with E-state index in [4.69, 9.17) is 0 Å². The molecule has 0 spiro atoms. The molecule has 28 heavy (non-hydrogen) atoms. The van der Waals surface area contributed by atoms with E-state index in [1.807, 2.05) is 4.90 Å². The van der Waals surface area contributed by atoms with Crippen LogP contribution in [0.1, 0.15) is 48.9 Å². The molecule has 4 aliphatic carbocycles. The van der Waals surface area contributed by atoms with E-state index in [2.05, 4.69) is 0 Å². The second-order valence-electron chi connectivity index (χ2n) is 9.65. The van der Waals surface area contributed by atoms with E-state index >= 15 is 0 Å². The highest BCUT2D eigenvalue weighted by molar-refractivity contribution is 5.94. The van der Waals surface area contributed by atoms with Crippen molar-refractivity contribution < 1.29 is 9.59 Å². The lowest BCUT2D eigenvalue weighted by atomic mass is 9.49. The Morgan fingerprint density at radius 1 is 0.929 bits per heavy atom. The molecule has 0 atom stereocenters. The molecular formula is C22H29N3O3. The number of hydrogen-bond acceptors (Lipinski definition) is 3. The maximum atomic E-state index is 13.5. The van der Waals surface area contributed by atoms with Crippen LogP contribution in [0.4, 0.5) is 0 Å². The molecule has 150 valence electrons. The Morgan fingerprint density at radius 2 is 1.46 bits per heavy atom. The van der Waals surface area contributed by atoms with Crippen LogP contribution < -0.4 is 5.56 Å². The van der Waals surface area contributed by atoms with E-state index in [1.54, 1.807) is 24.2 Å². The summed E-state index contributed by atoms with van der Waals surface area (Å²) in [6.07, 6.45) is 8.91. The van der Waals surface area contributed by atoms with E-state index < -0.39 is 0 Å². The summed E-state index contributed by atoms with van der Waals surface area (Å²) in [4.78, 5) is 41.8. The summed E-state index contributed by atoms with van der Waals surface area (Å²) in [5.74, 6) is 2.53. The van der Waals surface area contributed by atoms with Gasteiger partial charge in [0.05, 0.1) is 5.41 Å². The number of carbonyl (C=O) groups is 2. The average Bonchev–Trinajstić information content (AvgIpc) is 2.68. The zero-order valence-corrected chi connectivity index (χ0v) is 16.6. The smallest absolute Gasteiger partial charge is 0.254 e. The number of hydrogen-bond donors (Lipinski definition) is 0. The lowest BCUT2D eigenvalue weighted by Crippen LogP contribution is -2.58. The summed E-state index contributed by atoms with van der Waals surface area (Å²) < 4.78 is 1.46. The molecule has 4 saturated carbocycles. The Kier molecular flexibility index (Phi) is 4.14. The summed E-state index contributed by atoms with van der Waals surface area (Å²) in [5, 5.41) is 0. The highest BCUT2D eigenvalue weighted by Crippen LogP contribution is 2.60. The van der Waals surface area contributed by atoms with Crippen LogP contribution in [0.2, 0.25) is 0 Å². The molecule has 0 aromatic carbocycles. The van der Waals surface area contributed by atoms with E-state index in [9.17, 15) is 14.4 Å². The highest BCUT2D eigenvalue weighted by Gasteiger charge is 2.55. The Balaban J connectivity index is 1.25. The summed E-state index contributed by atoms with van der Waals surface area (Å²) in [6, 6.07) is 3.09. The van der Waals surface area contributed by atoms with Gasteiger partial charge in [0, 0.05) is 51.1 Å². The fraction of sp³-hybridized carbons (Fsp3) is 0.682. The lowest BCUT2D eigenvalue weighted by molar-refractivity contribution is -0.159. The first-order chi connectivity index (χ1) is 13.4. The van der Waals surface area contributed by atoms with Crippen LogP contribution in [-0.2, 0) is 11.8 Å². The molecule has 5 fully saturated rings. The molecular weight excluding hydrogens is 354 g/mol. The maximum absolute atomic E-state index is 13.5. The van der Waals surface area contributed by atoms with Crippen molar-refractivity contribution in [2.45, 2.75) is 38.5 Å². The van der Waals surface area contributed by atoms with Gasteiger partial charge in [-0.3, -0.25) is 14.4 Å². The number of piperazine rings is 1. The third kappa shape index (κ3) is 2.88. The van der Waals surface area contributed by atoms with Gasteiger partial charge < -0.3 is 14.4 Å². The van der Waals surface area contributed by atoms with Gasteiger partial charge in [0.1, 0.15) is 0 Å². The van der Waals surface area contributed by atoms with E-state index in [0.29, 0.717) is 37.6 Å². The van der Waals surface area contributed by atoms with Crippen LogP contribution in [0.3, 0.4) is 0 Å². The van der Waals surface area contributed by atoms with Crippen LogP contribution in [0.15, 0.2) is 23.1 Å². The van der Waals surface area contributed by atoms with Gasteiger partial charge in [-0.05, 0) is 62.3 Å². The minimum absolute atomic E-state index is 0.105. The van der Waals surface area contributed by atoms with Crippen molar-refractivity contribution in [3.63, 3.8) is 0 Å². The normalized spacial score (nSPS) is 34.0. The lowest BCUT2D eigenvalue weighted by Gasteiger charge is -2.57. The van der Waals surface area contributed by atoms with Crippen LogP contribution in [0.25, 0.3) is 0 Å². The fourth-order valence-corrected chi connectivity index (χ4v) is 6.68. The standard InChI is InChI=1S/C22H29N3O3/c1-23-3-2-18(11-19(23)26)20(27)24-4-6-25(7-5-24)21(28)22-12-15-8-16(13-22)10-17(9-15)14-22/h2-3,11,15-17H,4-10,12-14H2,1H3. The molecule has 0 unspecified atom stereocenters. The Bertz CT molecular complexity index is 831. The number of carbonyl (C=O) groups excluding carboxylic acids is 2. The molecule has 2 heterocycles. The van der Waals surface area contributed by atoms with Crippen molar-refractivity contribution >= 4 is 11.8 Å². The van der Waals surface area contributed by atoms with Crippen molar-refractivity contribution in [1.29, 1.82) is 0 Å². The Morgan fingerprint density at radius 3 is 2.00 bits per heavy atom. The number of nitrogens with zero attached hydrogens (tertiary/aromatic N) is 3. The molecule has 1 saturated heterocycles. The molecule has 1 aromatic rings. The van der Waals surface area contributed by atoms with Gasteiger partial charge in [-0.1, -0.05) is 0 Å². The zero-order chi connectivity index (χ0) is 19.5. The number of rotatable bonds is 2. The first-order valence-electron chi connectivity index (χ1n) is 10.7. The van der Waals surface area contributed by atoms with Crippen molar-refractivity contribution in [3.8, 4) is 0 Å². The van der Waals surface area contributed by atoms with Crippen molar-refractivity contribution in [2.24, 2.45) is 30.2 Å². The van der Waals surface area contributed by atoms with Crippen molar-refractivity contribution in [1.82, 2.24) is 14.4 Å². The maximum Gasteiger partial charge on any atom is 0.254 e. The Labute approximate surface area is 165 Å². The predicted molar refractivity (Wildman–Crippen MR) is 105 cm³/mol. The first kappa shape index (κ1) is 18.0. The second kappa shape index (κ2) is 6.46. The van der Waals surface area contributed by atoms with Crippen molar-refractivity contribution in [2.75, 3.05) is 26.2 Å². The molecule has 6 nitrogen and oxygen atoms in total. The van der Waals surface area contributed by atoms with Crippen LogP contribution >= 0.6 is 0 Å². The minimum Gasteiger partial charge on any atom is -0.339 e. The van der Waals surface area contributed by atoms with E-state index in [-0.39, 0.29) is 16.9 Å². The third-order valence-corrected chi connectivity index (χ3v) is 7.70. The first-order valence-corrected chi connectivity index (χ1v) is 10.7. The van der Waals surface area contributed by atoms with Crippen molar-refractivity contribution in [3.05, 3.63) is 34.2 Å². The molecule has 1 aliphatic heterocycles. The average molecular weight is 383 g/mol. The van der Waals surface area contributed by atoms with E-state index in [0.717, 1.165) is 37.0 Å². The molecule has 4 bridgehead atoms. The number of amides is 2. The van der Waals surface area contributed by atoms with Crippen LogP contribution in [0.5, 0.6) is 0 Å². The minimum atomic E-state index is -0.179. The Hall–Kier alpha value is -2.11. The SMILES string of the molecule is Cn1ccc(C(=O)N2CCN(C(=O)C34CC5CC(CC(C5)C3)C4)CC2)cc1=O. The summed E-state index contributed by atoms with van der Waals surface area (Å²) in [5.41, 5.74) is 0.150. The number of aromatic nitrogens is 1. The predicted octanol–water partition coefficient (Wildman–Crippen LogP) is 1.89. The molecule has 1 aromatic heterocycles. The molecule has 0 N–H and O–H groups in total. The largest absolute Gasteiger partial charge is 0.339 e. The van der Waals surface area contributed by atoms with Gasteiger partial charge in [0.25, 0.3) is 11.5 Å². The van der Waals surface area contributed by atoms with Gasteiger partial charge >= 0.3 is 0 Å². The highest BCUT2D eigenvalue weighted by atomic mass is 16.2. The number of pyridine rings is 1. The second-order valence-corrected chi connectivity index (χ2v) is 9.65. The monoisotopic (exact) mass is 383 g/mol. The molecule has 6 heteroatoms. The van der Waals surface area contributed by atoms with E-state index in [1.165, 1.54) is 29.9 Å². The summed E-state index contributed by atoms with van der Waals surface area (Å²) in [7, 11) is 1.67. The van der Waals surface area contributed by atoms with Crippen LogP contribution in [-0.4, -0.2) is 52.4 Å². The quantitative estimate of drug-likeness (QED) is 0.783. The molecule has 0 radical (unpaired) electrons. The number of aryl methyl sites for hydroxylation is 1. The molecule has 5 aliphatic rings. The zero-order valence-electron chi connectivity index (χ0n) is 16.6. The summed E-state index contributed by atoms with van der Waals surface area (Å²) in [6.45, 7) is 2.31. The molecule has 6 rings (SSSR count). The van der Waals surface area contributed by atoms with Gasteiger partial charge in [-0.15, -0.1) is 0 Å². The van der Waals surface area contributed by atoms with Gasteiger partial charge in [-0.2, -0.15) is 0 Å². The summed E-state index contributed by atoms with van der Waals surface area (Å²) >= 11 is 0.